The quantitative estimate of drug-likeness (QED) is 0.865. The van der Waals surface area contributed by atoms with E-state index in [0.29, 0.717) is 17.9 Å². The molecule has 1 aliphatic rings. The highest BCUT2D eigenvalue weighted by atomic mass is 15.4. The fourth-order valence-electron chi connectivity index (χ4n) is 2.57. The Balaban J connectivity index is 2.24. The lowest BCUT2D eigenvalue weighted by atomic mass is 10.1. The molecule has 1 fully saturated rings. The van der Waals surface area contributed by atoms with Crippen LogP contribution in [0.2, 0.25) is 0 Å². The summed E-state index contributed by atoms with van der Waals surface area (Å²) < 4.78 is 0. The molecule has 1 atom stereocenters. The van der Waals surface area contributed by atoms with Crippen LogP contribution in [0.1, 0.15) is 19.8 Å². The number of nitrogens with one attached hydrogen (secondary N) is 1. The Morgan fingerprint density at radius 2 is 1.90 bits per heavy atom. The van der Waals surface area contributed by atoms with Gasteiger partial charge in [0.15, 0.2) is 0 Å². The lowest BCUT2D eigenvalue weighted by Gasteiger charge is -2.36. The van der Waals surface area contributed by atoms with E-state index in [-0.39, 0.29) is 0 Å². The van der Waals surface area contributed by atoms with Crippen LogP contribution in [0.4, 0.5) is 17.8 Å². The minimum atomic E-state index is 0.454. The van der Waals surface area contributed by atoms with Crippen LogP contribution in [0.25, 0.3) is 0 Å². The van der Waals surface area contributed by atoms with E-state index in [1.54, 1.807) is 0 Å². The summed E-state index contributed by atoms with van der Waals surface area (Å²) in [6.07, 6.45) is 2.40. The van der Waals surface area contributed by atoms with Crippen LogP contribution in [0.15, 0.2) is 0 Å². The molecular weight excluding hydrogens is 266 g/mol. The van der Waals surface area contributed by atoms with E-state index in [9.17, 15) is 0 Å². The Kier molecular flexibility index (Phi) is 5.17. The zero-order valence-electron chi connectivity index (χ0n) is 13.8. The second-order valence-electron chi connectivity index (χ2n) is 5.85. The van der Waals surface area contributed by atoms with Gasteiger partial charge in [0.05, 0.1) is 0 Å². The molecule has 0 aromatic carbocycles. The van der Waals surface area contributed by atoms with Gasteiger partial charge >= 0.3 is 0 Å². The summed E-state index contributed by atoms with van der Waals surface area (Å²) in [5.41, 5.74) is 0. The minimum Gasteiger partial charge on any atom is -0.354 e. The maximum absolute atomic E-state index is 4.59. The van der Waals surface area contributed by atoms with Crippen LogP contribution in [-0.4, -0.2) is 73.7 Å². The third kappa shape index (κ3) is 3.93. The van der Waals surface area contributed by atoms with Crippen molar-refractivity contribution in [3.05, 3.63) is 0 Å². The molecule has 7 heteroatoms. The fourth-order valence-corrected chi connectivity index (χ4v) is 2.57. The molecule has 0 aliphatic carbocycles. The highest BCUT2D eigenvalue weighted by Gasteiger charge is 2.23. The molecule has 1 aromatic rings. The summed E-state index contributed by atoms with van der Waals surface area (Å²) in [6, 6.07) is 0.454. The van der Waals surface area contributed by atoms with Gasteiger partial charge in [-0.3, -0.25) is 0 Å². The summed E-state index contributed by atoms with van der Waals surface area (Å²) in [4.78, 5) is 20.0. The topological polar surface area (TPSA) is 60.4 Å². The summed E-state index contributed by atoms with van der Waals surface area (Å²) in [6.45, 7) is 5.06. The SMILES string of the molecule is CCNc1nc(N(C)C)nc(N(C)C2CCCN(C)C2)n1. The second-order valence-corrected chi connectivity index (χ2v) is 5.85. The average molecular weight is 293 g/mol. The molecule has 1 saturated heterocycles. The van der Waals surface area contributed by atoms with Gasteiger partial charge in [-0.2, -0.15) is 15.0 Å². The Hall–Kier alpha value is -1.63. The Morgan fingerprint density at radius 3 is 2.52 bits per heavy atom. The number of nitrogens with zero attached hydrogens (tertiary/aromatic N) is 6. The molecule has 1 aromatic heterocycles. The van der Waals surface area contributed by atoms with Gasteiger partial charge in [0.1, 0.15) is 0 Å². The molecule has 2 rings (SSSR count). The number of aromatic nitrogens is 3. The van der Waals surface area contributed by atoms with Crippen molar-refractivity contribution < 1.29 is 0 Å². The van der Waals surface area contributed by atoms with Gasteiger partial charge in [-0.05, 0) is 33.4 Å². The summed E-state index contributed by atoms with van der Waals surface area (Å²) in [7, 11) is 8.14. The number of hydrogen-bond acceptors (Lipinski definition) is 7. The number of anilines is 3. The lowest BCUT2D eigenvalue weighted by molar-refractivity contribution is 0.247. The van der Waals surface area contributed by atoms with E-state index in [2.05, 4.69) is 44.2 Å². The first-order chi connectivity index (χ1) is 10.0. The molecule has 0 bridgehead atoms. The zero-order chi connectivity index (χ0) is 15.4. The van der Waals surface area contributed by atoms with Gasteiger partial charge in [0.25, 0.3) is 0 Å². The maximum atomic E-state index is 4.59. The van der Waals surface area contributed by atoms with Gasteiger partial charge in [-0.25, -0.2) is 0 Å². The Morgan fingerprint density at radius 1 is 1.19 bits per heavy atom. The molecule has 1 unspecified atom stereocenters. The number of rotatable bonds is 5. The summed E-state index contributed by atoms with van der Waals surface area (Å²) in [5.74, 6) is 2.07. The van der Waals surface area contributed by atoms with Gasteiger partial charge in [-0.1, -0.05) is 0 Å². The monoisotopic (exact) mass is 293 g/mol. The van der Waals surface area contributed by atoms with Crippen LogP contribution in [0.3, 0.4) is 0 Å². The number of likely N-dealkylation sites (tertiary alicyclic amines) is 1. The van der Waals surface area contributed by atoms with Crippen molar-refractivity contribution in [2.24, 2.45) is 0 Å². The van der Waals surface area contributed by atoms with Crippen molar-refractivity contribution in [3.8, 4) is 0 Å². The second kappa shape index (κ2) is 6.89. The molecule has 0 radical (unpaired) electrons. The lowest BCUT2D eigenvalue weighted by Crippen LogP contribution is -2.45. The normalized spacial score (nSPS) is 19.4. The summed E-state index contributed by atoms with van der Waals surface area (Å²) >= 11 is 0. The van der Waals surface area contributed by atoms with Crippen molar-refractivity contribution in [1.82, 2.24) is 19.9 Å². The largest absolute Gasteiger partial charge is 0.354 e. The molecule has 1 aliphatic heterocycles. The first-order valence-corrected chi connectivity index (χ1v) is 7.60. The van der Waals surface area contributed by atoms with Crippen LogP contribution in [-0.2, 0) is 0 Å². The molecular formula is C14H27N7. The van der Waals surface area contributed by atoms with E-state index < -0.39 is 0 Å². The predicted octanol–water partition coefficient (Wildman–Crippen LogP) is 0.900. The molecule has 7 nitrogen and oxygen atoms in total. The number of hydrogen-bond donors (Lipinski definition) is 1. The molecule has 21 heavy (non-hydrogen) atoms. The molecule has 0 saturated carbocycles. The van der Waals surface area contributed by atoms with Crippen molar-refractivity contribution >= 4 is 17.8 Å². The fraction of sp³-hybridized carbons (Fsp3) is 0.786. The van der Waals surface area contributed by atoms with Crippen molar-refractivity contribution in [2.45, 2.75) is 25.8 Å². The molecule has 1 N–H and O–H groups in total. The van der Waals surface area contributed by atoms with E-state index in [4.69, 9.17) is 0 Å². The third-order valence-electron chi connectivity index (χ3n) is 3.81. The number of piperidine rings is 1. The van der Waals surface area contributed by atoms with Crippen LogP contribution < -0.4 is 15.1 Å². The molecule has 0 amide bonds. The van der Waals surface area contributed by atoms with Gasteiger partial charge in [-0.15, -0.1) is 0 Å². The minimum absolute atomic E-state index is 0.454. The smallest absolute Gasteiger partial charge is 0.231 e. The van der Waals surface area contributed by atoms with E-state index in [1.807, 2.05) is 25.9 Å². The van der Waals surface area contributed by atoms with Gasteiger partial charge in [0, 0.05) is 40.3 Å². The molecule has 0 spiro atoms. The van der Waals surface area contributed by atoms with Crippen LogP contribution in [0, 0.1) is 0 Å². The van der Waals surface area contributed by atoms with Gasteiger partial charge in [0.2, 0.25) is 17.8 Å². The average Bonchev–Trinajstić information content (AvgIpc) is 2.46. The maximum Gasteiger partial charge on any atom is 0.231 e. The van der Waals surface area contributed by atoms with Crippen molar-refractivity contribution in [3.63, 3.8) is 0 Å². The standard InChI is InChI=1S/C14H27N7/c1-6-15-12-16-13(19(2)3)18-14(17-12)21(5)11-8-7-9-20(4)10-11/h11H,6-10H2,1-5H3,(H,15,16,17,18). The Bertz CT molecular complexity index is 463. The molecule has 2 heterocycles. The number of likely N-dealkylation sites (N-methyl/N-ethyl adjacent to an activating group) is 2. The van der Waals surface area contributed by atoms with E-state index >= 15 is 0 Å². The Labute approximate surface area is 127 Å². The highest BCUT2D eigenvalue weighted by molar-refractivity contribution is 5.44. The van der Waals surface area contributed by atoms with E-state index in [1.165, 1.54) is 19.4 Å². The van der Waals surface area contributed by atoms with Crippen molar-refractivity contribution in [2.75, 3.05) is 62.9 Å². The molecule has 118 valence electrons. The zero-order valence-corrected chi connectivity index (χ0v) is 13.8. The predicted molar refractivity (Wildman–Crippen MR) is 87.2 cm³/mol. The van der Waals surface area contributed by atoms with Crippen LogP contribution >= 0.6 is 0 Å². The third-order valence-corrected chi connectivity index (χ3v) is 3.81. The van der Waals surface area contributed by atoms with Crippen LogP contribution in [0.5, 0.6) is 0 Å². The summed E-state index contributed by atoms with van der Waals surface area (Å²) in [5, 5.41) is 3.18. The van der Waals surface area contributed by atoms with Crippen molar-refractivity contribution in [1.29, 1.82) is 0 Å². The first-order valence-electron chi connectivity index (χ1n) is 7.60. The first kappa shape index (κ1) is 15.8. The van der Waals surface area contributed by atoms with Gasteiger partial charge < -0.3 is 20.0 Å². The highest BCUT2D eigenvalue weighted by Crippen LogP contribution is 2.20. The van der Waals surface area contributed by atoms with E-state index in [0.717, 1.165) is 19.0 Å².